The molecular weight excluding hydrogens is 483 g/mol. The van der Waals surface area contributed by atoms with Gasteiger partial charge >= 0.3 is 12.1 Å². The van der Waals surface area contributed by atoms with E-state index in [1.54, 1.807) is 24.3 Å². The summed E-state index contributed by atoms with van der Waals surface area (Å²) in [4.78, 5) is 11.0. The van der Waals surface area contributed by atoms with Crippen LogP contribution in [0.5, 0.6) is 5.75 Å². The van der Waals surface area contributed by atoms with E-state index in [-0.39, 0.29) is 23.3 Å². The van der Waals surface area contributed by atoms with Crippen LogP contribution in [0.4, 0.5) is 13.2 Å². The number of aliphatic carboxylic acids is 1. The number of methoxy groups -OCH3 is 1. The van der Waals surface area contributed by atoms with Crippen LogP contribution >= 0.6 is 0 Å². The zero-order valence-electron chi connectivity index (χ0n) is 18.4. The zero-order chi connectivity index (χ0) is 25.4. The molecule has 35 heavy (non-hydrogen) atoms. The monoisotopic (exact) mass is 503 g/mol. The molecule has 1 N–H and O–H groups in total. The molecule has 0 radical (unpaired) electrons. The number of hydrogen-bond acceptors (Lipinski definition) is 4. The summed E-state index contributed by atoms with van der Waals surface area (Å²) >= 11 is 0. The molecule has 0 atom stereocenters. The average Bonchev–Trinajstić information content (AvgIpc) is 3.21. The first-order chi connectivity index (χ1) is 16.5. The zero-order valence-corrected chi connectivity index (χ0v) is 19.2. The predicted molar refractivity (Wildman–Crippen MR) is 124 cm³/mol. The van der Waals surface area contributed by atoms with Crippen molar-refractivity contribution < 1.29 is 36.2 Å². The number of carboxylic acid groups (broad SMARTS) is 1. The lowest BCUT2D eigenvalue weighted by molar-refractivity contribution is -0.138. The van der Waals surface area contributed by atoms with Crippen molar-refractivity contribution >= 4 is 26.9 Å². The van der Waals surface area contributed by atoms with Gasteiger partial charge in [-0.15, -0.1) is 0 Å². The lowest BCUT2D eigenvalue weighted by atomic mass is 10.0. The van der Waals surface area contributed by atoms with Gasteiger partial charge in [0, 0.05) is 23.6 Å². The average molecular weight is 503 g/mol. The molecule has 0 bridgehead atoms. The highest BCUT2D eigenvalue weighted by atomic mass is 32.2. The first kappa shape index (κ1) is 24.3. The van der Waals surface area contributed by atoms with Gasteiger partial charge in [-0.05, 0) is 53.9 Å². The second kappa shape index (κ2) is 9.10. The number of carbonyl (C=O) groups is 1. The van der Waals surface area contributed by atoms with Crippen molar-refractivity contribution in [3.63, 3.8) is 0 Å². The molecule has 1 heterocycles. The Kier molecular flexibility index (Phi) is 6.33. The third-order valence-electron chi connectivity index (χ3n) is 5.62. The fraction of sp³-hybridized carbons (Fsp3) is 0.160. The van der Waals surface area contributed by atoms with Gasteiger partial charge in [0.1, 0.15) is 5.75 Å². The number of aryl methyl sites for hydroxylation is 1. The molecular formula is C25H20F3NO5S. The molecule has 0 saturated heterocycles. The third kappa shape index (κ3) is 4.74. The van der Waals surface area contributed by atoms with Gasteiger partial charge in [-0.1, -0.05) is 30.3 Å². The van der Waals surface area contributed by atoms with Crippen molar-refractivity contribution in [2.45, 2.75) is 23.9 Å². The smallest absolute Gasteiger partial charge is 0.416 e. The summed E-state index contributed by atoms with van der Waals surface area (Å²) < 4.78 is 72.9. The Morgan fingerprint density at radius 2 is 1.71 bits per heavy atom. The summed E-state index contributed by atoms with van der Waals surface area (Å²) in [5.41, 5.74) is 0.547. The topological polar surface area (TPSA) is 85.6 Å². The number of benzene rings is 3. The van der Waals surface area contributed by atoms with Crippen molar-refractivity contribution in [1.29, 1.82) is 0 Å². The lowest BCUT2D eigenvalue weighted by Gasteiger charge is -2.14. The first-order valence-electron chi connectivity index (χ1n) is 10.4. The van der Waals surface area contributed by atoms with Gasteiger partial charge in [0.15, 0.2) is 0 Å². The van der Waals surface area contributed by atoms with Crippen molar-refractivity contribution in [3.05, 3.63) is 84.1 Å². The maximum Gasteiger partial charge on any atom is 0.416 e. The fourth-order valence-electron chi connectivity index (χ4n) is 3.89. The minimum Gasteiger partial charge on any atom is -0.497 e. The highest BCUT2D eigenvalue weighted by Gasteiger charge is 2.30. The molecule has 3 aromatic carbocycles. The molecule has 0 aliphatic rings. The van der Waals surface area contributed by atoms with E-state index in [1.165, 1.54) is 43.6 Å². The number of halogens is 3. The van der Waals surface area contributed by atoms with E-state index < -0.39 is 27.7 Å². The van der Waals surface area contributed by atoms with Crippen LogP contribution in [0.3, 0.4) is 0 Å². The van der Waals surface area contributed by atoms with Crippen LogP contribution in [0.25, 0.3) is 22.0 Å². The Morgan fingerprint density at radius 3 is 2.34 bits per heavy atom. The van der Waals surface area contributed by atoms with E-state index in [1.807, 2.05) is 0 Å². The lowest BCUT2D eigenvalue weighted by Crippen LogP contribution is -2.13. The van der Waals surface area contributed by atoms with Crippen molar-refractivity contribution in [2.24, 2.45) is 0 Å². The summed E-state index contributed by atoms with van der Waals surface area (Å²) in [6.07, 6.45) is -3.23. The van der Waals surface area contributed by atoms with E-state index in [9.17, 15) is 26.4 Å². The number of carboxylic acids is 1. The maximum absolute atomic E-state index is 13.8. The third-order valence-corrected chi connectivity index (χ3v) is 7.35. The van der Waals surface area contributed by atoms with E-state index in [0.717, 1.165) is 16.1 Å². The molecule has 0 unspecified atom stereocenters. The minimum absolute atomic E-state index is 0.0993. The summed E-state index contributed by atoms with van der Waals surface area (Å²) in [7, 11) is -2.75. The van der Waals surface area contributed by atoms with E-state index in [0.29, 0.717) is 27.8 Å². The number of aromatic nitrogens is 1. The number of hydrogen-bond donors (Lipinski definition) is 1. The van der Waals surface area contributed by atoms with Crippen molar-refractivity contribution in [1.82, 2.24) is 3.97 Å². The Balaban J connectivity index is 1.87. The number of rotatable bonds is 7. The quantitative estimate of drug-likeness (QED) is 0.355. The van der Waals surface area contributed by atoms with Crippen molar-refractivity contribution in [2.75, 3.05) is 7.11 Å². The van der Waals surface area contributed by atoms with Gasteiger partial charge in [0.05, 0.1) is 23.1 Å². The van der Waals surface area contributed by atoms with E-state index >= 15 is 0 Å². The Labute approximate surface area is 199 Å². The number of alkyl halides is 3. The molecule has 1 aromatic heterocycles. The van der Waals surface area contributed by atoms with Crippen LogP contribution in [-0.2, 0) is 27.4 Å². The molecule has 4 rings (SSSR count). The molecule has 4 aromatic rings. The molecule has 182 valence electrons. The first-order valence-corrected chi connectivity index (χ1v) is 11.9. The largest absolute Gasteiger partial charge is 0.497 e. The molecule has 0 saturated carbocycles. The van der Waals surface area contributed by atoms with Gasteiger partial charge in [0.2, 0.25) is 0 Å². The molecule has 0 amide bonds. The maximum atomic E-state index is 13.8. The molecule has 6 nitrogen and oxygen atoms in total. The molecule has 0 fully saturated rings. The summed E-state index contributed by atoms with van der Waals surface area (Å²) in [6, 6.07) is 15.1. The van der Waals surface area contributed by atoms with Crippen LogP contribution in [0.2, 0.25) is 0 Å². The Hall–Kier alpha value is -3.79. The van der Waals surface area contributed by atoms with Gasteiger partial charge in [-0.2, -0.15) is 13.2 Å². The normalized spacial score (nSPS) is 12.1. The SMILES string of the molecule is COc1ccc2c(c1)c(CCC(=O)O)cn2S(=O)(=O)c1ccccc1-c1ccc(C(F)(F)F)cc1. The summed E-state index contributed by atoms with van der Waals surface area (Å²) in [6.45, 7) is 0. The fourth-order valence-corrected chi connectivity index (χ4v) is 5.50. The minimum atomic E-state index is -4.51. The van der Waals surface area contributed by atoms with Gasteiger partial charge in [-0.3, -0.25) is 4.79 Å². The van der Waals surface area contributed by atoms with Crippen molar-refractivity contribution in [3.8, 4) is 16.9 Å². The highest BCUT2D eigenvalue weighted by molar-refractivity contribution is 7.90. The van der Waals surface area contributed by atoms with E-state index in [2.05, 4.69) is 0 Å². The molecule has 0 spiro atoms. The molecule has 0 aliphatic heterocycles. The van der Waals surface area contributed by atoms with Gasteiger partial charge in [0.25, 0.3) is 10.0 Å². The Bertz CT molecular complexity index is 1510. The number of fused-ring (bicyclic) bond motifs is 1. The Morgan fingerprint density at radius 1 is 1.03 bits per heavy atom. The van der Waals surface area contributed by atoms with Crippen LogP contribution in [0.1, 0.15) is 17.5 Å². The van der Waals surface area contributed by atoms with Gasteiger partial charge in [-0.25, -0.2) is 12.4 Å². The number of ether oxygens (including phenoxy) is 1. The van der Waals surface area contributed by atoms with Crippen LogP contribution < -0.4 is 4.74 Å². The standard InChI is InChI=1S/C25H20F3NO5S/c1-34-19-11-12-22-21(14-19)17(8-13-24(30)31)15-29(22)35(32,33)23-5-3-2-4-20(23)16-6-9-18(10-7-16)25(26,27)28/h2-7,9-12,14-15H,8,13H2,1H3,(H,30,31). The van der Waals surface area contributed by atoms with Crippen LogP contribution in [0, 0.1) is 0 Å². The second-order valence-electron chi connectivity index (χ2n) is 7.80. The van der Waals surface area contributed by atoms with Crippen LogP contribution in [-0.4, -0.2) is 30.6 Å². The summed E-state index contributed by atoms with van der Waals surface area (Å²) in [5, 5.41) is 9.63. The molecule has 0 aliphatic carbocycles. The molecule has 10 heteroatoms. The highest BCUT2D eigenvalue weighted by Crippen LogP contribution is 2.35. The van der Waals surface area contributed by atoms with Gasteiger partial charge < -0.3 is 9.84 Å². The van der Waals surface area contributed by atoms with Crippen LogP contribution in [0.15, 0.2) is 77.8 Å². The predicted octanol–water partition coefficient (Wildman–Crippen LogP) is 5.59. The second-order valence-corrected chi connectivity index (χ2v) is 9.59. The number of nitrogens with zero attached hydrogens (tertiary/aromatic N) is 1. The van der Waals surface area contributed by atoms with E-state index in [4.69, 9.17) is 9.84 Å². The summed E-state index contributed by atoms with van der Waals surface area (Å²) in [5.74, 6) is -0.543.